The van der Waals surface area contributed by atoms with Crippen molar-refractivity contribution in [3.05, 3.63) is 33.8 Å². The third kappa shape index (κ3) is 2.54. The second-order valence-electron chi connectivity index (χ2n) is 3.23. The van der Waals surface area contributed by atoms with Crippen LogP contribution in [-0.4, -0.2) is 9.94 Å². The maximum Gasteiger partial charge on any atom is 0.137 e. The summed E-state index contributed by atoms with van der Waals surface area (Å²) in [4.78, 5) is -0.825. The van der Waals surface area contributed by atoms with Crippen LogP contribution in [0.15, 0.2) is 12.1 Å². The molecule has 1 unspecified atom stereocenters. The molecule has 0 heterocycles. The SMILES string of the molecule is Cc1cc(Cl)cc(C)c1C(O)C(Cl)Cl. The highest BCUT2D eigenvalue weighted by atomic mass is 35.5. The Bertz CT molecular complexity index is 313. The van der Waals surface area contributed by atoms with E-state index in [1.807, 2.05) is 13.8 Å². The average Bonchev–Trinajstić information content (AvgIpc) is 2.01. The number of benzene rings is 1. The van der Waals surface area contributed by atoms with Crippen molar-refractivity contribution in [1.29, 1.82) is 0 Å². The van der Waals surface area contributed by atoms with E-state index in [2.05, 4.69) is 0 Å². The van der Waals surface area contributed by atoms with Gasteiger partial charge in [-0.05, 0) is 42.7 Å². The molecule has 0 aromatic heterocycles. The summed E-state index contributed by atoms with van der Waals surface area (Å²) < 4.78 is 0. The maximum atomic E-state index is 9.74. The highest BCUT2D eigenvalue weighted by Crippen LogP contribution is 2.31. The minimum absolute atomic E-state index is 0.650. The van der Waals surface area contributed by atoms with Gasteiger partial charge in [-0.2, -0.15) is 0 Å². The van der Waals surface area contributed by atoms with E-state index < -0.39 is 10.9 Å². The van der Waals surface area contributed by atoms with Gasteiger partial charge in [0.05, 0.1) is 0 Å². The van der Waals surface area contributed by atoms with E-state index in [4.69, 9.17) is 34.8 Å². The Morgan fingerprint density at radius 1 is 1.14 bits per heavy atom. The zero-order valence-corrected chi connectivity index (χ0v) is 10.2. The maximum absolute atomic E-state index is 9.74. The van der Waals surface area contributed by atoms with E-state index in [1.54, 1.807) is 12.1 Å². The molecule has 0 aliphatic heterocycles. The molecule has 1 N–H and O–H groups in total. The zero-order valence-electron chi connectivity index (χ0n) is 7.89. The Hall–Kier alpha value is 0.0500. The van der Waals surface area contributed by atoms with E-state index >= 15 is 0 Å². The van der Waals surface area contributed by atoms with E-state index in [1.165, 1.54) is 0 Å². The van der Waals surface area contributed by atoms with Crippen LogP contribution in [0.3, 0.4) is 0 Å². The molecule has 0 spiro atoms. The van der Waals surface area contributed by atoms with Crippen LogP contribution in [0.25, 0.3) is 0 Å². The Morgan fingerprint density at radius 2 is 1.57 bits per heavy atom. The lowest BCUT2D eigenvalue weighted by atomic mass is 9.99. The summed E-state index contributed by atoms with van der Waals surface area (Å²) in [5.74, 6) is 0. The van der Waals surface area contributed by atoms with Gasteiger partial charge in [0.2, 0.25) is 0 Å². The van der Waals surface area contributed by atoms with Crippen LogP contribution in [0.4, 0.5) is 0 Å². The van der Waals surface area contributed by atoms with Crippen LogP contribution in [0.1, 0.15) is 22.8 Å². The molecule has 1 atom stereocenters. The lowest BCUT2D eigenvalue weighted by Gasteiger charge is -2.17. The van der Waals surface area contributed by atoms with Crippen molar-refractivity contribution in [2.45, 2.75) is 24.8 Å². The predicted molar refractivity (Wildman–Crippen MR) is 61.4 cm³/mol. The number of halogens is 3. The zero-order chi connectivity index (χ0) is 10.9. The largest absolute Gasteiger partial charge is 0.386 e. The fourth-order valence-electron chi connectivity index (χ4n) is 1.51. The highest BCUT2D eigenvalue weighted by Gasteiger charge is 2.20. The molecule has 4 heteroatoms. The number of hydrogen-bond acceptors (Lipinski definition) is 1. The van der Waals surface area contributed by atoms with Crippen molar-refractivity contribution >= 4 is 34.8 Å². The van der Waals surface area contributed by atoms with E-state index in [9.17, 15) is 5.11 Å². The Labute approximate surface area is 98.6 Å². The Kier molecular flexibility index (Phi) is 4.08. The molecule has 1 aromatic rings. The molecule has 1 rings (SSSR count). The van der Waals surface area contributed by atoms with E-state index in [-0.39, 0.29) is 0 Å². The van der Waals surface area contributed by atoms with Gasteiger partial charge in [0.25, 0.3) is 0 Å². The van der Waals surface area contributed by atoms with Crippen LogP contribution >= 0.6 is 34.8 Å². The standard InChI is InChI=1S/C10H11Cl3O/c1-5-3-7(11)4-6(2)8(5)9(14)10(12)13/h3-4,9-10,14H,1-2H3. The van der Waals surface area contributed by atoms with Gasteiger partial charge in [-0.3, -0.25) is 0 Å². The molecule has 0 aliphatic carbocycles. The summed E-state index contributed by atoms with van der Waals surface area (Å²) in [6.07, 6.45) is -0.865. The van der Waals surface area contributed by atoms with Gasteiger partial charge < -0.3 is 5.11 Å². The smallest absolute Gasteiger partial charge is 0.137 e. The molecule has 0 aliphatic rings. The van der Waals surface area contributed by atoms with Crippen LogP contribution in [-0.2, 0) is 0 Å². The first-order chi connectivity index (χ1) is 6.43. The molecular formula is C10H11Cl3O. The number of aryl methyl sites for hydroxylation is 2. The van der Waals surface area contributed by atoms with Crippen molar-refractivity contribution in [1.82, 2.24) is 0 Å². The van der Waals surface area contributed by atoms with Gasteiger partial charge in [-0.15, -0.1) is 23.2 Å². The first-order valence-corrected chi connectivity index (χ1v) is 5.41. The second-order valence-corrected chi connectivity index (χ2v) is 4.83. The summed E-state index contributed by atoms with van der Waals surface area (Å²) in [5, 5.41) is 10.4. The molecule has 1 nitrogen and oxygen atoms in total. The topological polar surface area (TPSA) is 20.2 Å². The van der Waals surface area contributed by atoms with E-state index in [0.717, 1.165) is 16.7 Å². The summed E-state index contributed by atoms with van der Waals surface area (Å²) in [6, 6.07) is 3.56. The summed E-state index contributed by atoms with van der Waals surface area (Å²) in [7, 11) is 0. The molecule has 78 valence electrons. The molecule has 0 bridgehead atoms. The van der Waals surface area contributed by atoms with E-state index in [0.29, 0.717) is 5.02 Å². The quantitative estimate of drug-likeness (QED) is 0.795. The van der Waals surface area contributed by atoms with Crippen LogP contribution in [0.5, 0.6) is 0 Å². The van der Waals surface area contributed by atoms with Gasteiger partial charge >= 0.3 is 0 Å². The highest BCUT2D eigenvalue weighted by molar-refractivity contribution is 6.44. The fourth-order valence-corrected chi connectivity index (χ4v) is 2.09. The number of aliphatic hydroxyl groups is 1. The van der Waals surface area contributed by atoms with Crippen molar-refractivity contribution in [3.8, 4) is 0 Å². The molecule has 14 heavy (non-hydrogen) atoms. The van der Waals surface area contributed by atoms with Gasteiger partial charge in [-0.1, -0.05) is 11.6 Å². The van der Waals surface area contributed by atoms with Gasteiger partial charge in [0.15, 0.2) is 0 Å². The Morgan fingerprint density at radius 3 is 1.93 bits per heavy atom. The average molecular weight is 254 g/mol. The first kappa shape index (κ1) is 12.1. The Balaban J connectivity index is 3.20. The fraction of sp³-hybridized carbons (Fsp3) is 0.400. The summed E-state index contributed by atoms with van der Waals surface area (Å²) in [6.45, 7) is 3.74. The van der Waals surface area contributed by atoms with Crippen LogP contribution < -0.4 is 0 Å². The third-order valence-corrected chi connectivity index (χ3v) is 2.79. The molecule has 0 saturated heterocycles. The molecule has 0 fully saturated rings. The first-order valence-electron chi connectivity index (χ1n) is 4.16. The molecular weight excluding hydrogens is 242 g/mol. The summed E-state index contributed by atoms with van der Waals surface area (Å²) >= 11 is 17.1. The monoisotopic (exact) mass is 252 g/mol. The molecule has 0 amide bonds. The van der Waals surface area contributed by atoms with Crippen LogP contribution in [0, 0.1) is 13.8 Å². The molecule has 0 radical (unpaired) electrons. The van der Waals surface area contributed by atoms with Gasteiger partial charge in [-0.25, -0.2) is 0 Å². The molecule has 1 aromatic carbocycles. The lowest BCUT2D eigenvalue weighted by molar-refractivity contribution is 0.191. The minimum atomic E-state index is -0.865. The molecule has 0 saturated carbocycles. The number of aliphatic hydroxyl groups excluding tert-OH is 1. The normalized spacial score (nSPS) is 13.4. The summed E-state index contributed by atoms with van der Waals surface area (Å²) in [5.41, 5.74) is 2.55. The van der Waals surface area contributed by atoms with Crippen molar-refractivity contribution in [2.75, 3.05) is 0 Å². The lowest BCUT2D eigenvalue weighted by Crippen LogP contribution is -2.09. The minimum Gasteiger partial charge on any atom is -0.386 e. The van der Waals surface area contributed by atoms with Crippen molar-refractivity contribution < 1.29 is 5.11 Å². The van der Waals surface area contributed by atoms with Crippen molar-refractivity contribution in [2.24, 2.45) is 0 Å². The van der Waals surface area contributed by atoms with Gasteiger partial charge in [0.1, 0.15) is 10.9 Å². The second kappa shape index (κ2) is 4.71. The number of hydrogen-bond donors (Lipinski definition) is 1. The van der Waals surface area contributed by atoms with Gasteiger partial charge in [0, 0.05) is 5.02 Å². The number of alkyl halides is 2. The third-order valence-electron chi connectivity index (χ3n) is 2.09. The van der Waals surface area contributed by atoms with Crippen LogP contribution in [0.2, 0.25) is 5.02 Å². The predicted octanol–water partition coefficient (Wildman–Crippen LogP) is 3.79. The van der Waals surface area contributed by atoms with Crippen molar-refractivity contribution in [3.63, 3.8) is 0 Å². The number of rotatable bonds is 2.